The first kappa shape index (κ1) is 23.8. The lowest BCUT2D eigenvalue weighted by atomic mass is 9.68. The van der Waals surface area contributed by atoms with Crippen molar-refractivity contribution in [3.63, 3.8) is 0 Å². The van der Waals surface area contributed by atoms with Crippen molar-refractivity contribution in [2.75, 3.05) is 18.6 Å². The highest BCUT2D eigenvalue weighted by molar-refractivity contribution is 6.19. The zero-order valence-electron chi connectivity index (χ0n) is 19.9. The van der Waals surface area contributed by atoms with Gasteiger partial charge in [0, 0.05) is 35.4 Å². The third-order valence-electron chi connectivity index (χ3n) is 6.60. The molecule has 5 rings (SSSR count). The van der Waals surface area contributed by atoms with E-state index >= 15 is 0 Å². The van der Waals surface area contributed by atoms with Crippen LogP contribution in [0.25, 0.3) is 0 Å². The molecule has 2 aliphatic rings. The summed E-state index contributed by atoms with van der Waals surface area (Å²) in [6.45, 7) is 1.13. The molecular weight excluding hydrogens is 480 g/mol. The number of fused-ring (bicyclic) bond motifs is 4. The molecule has 2 aliphatic heterocycles. The van der Waals surface area contributed by atoms with Crippen LogP contribution in [0.2, 0.25) is 0 Å². The number of benzene rings is 1. The molecule has 2 aromatic heterocycles. The molecule has 11 heteroatoms. The predicted molar refractivity (Wildman–Crippen MR) is 130 cm³/mol. The van der Waals surface area contributed by atoms with Crippen LogP contribution in [0.5, 0.6) is 5.75 Å². The quantitative estimate of drug-likeness (QED) is 0.487. The maximum Gasteiger partial charge on any atom is 0.340 e. The highest BCUT2D eigenvalue weighted by Crippen LogP contribution is 2.54. The molecule has 0 saturated heterocycles. The maximum absolute atomic E-state index is 14.3. The second-order valence-electron chi connectivity index (χ2n) is 8.66. The van der Waals surface area contributed by atoms with Crippen molar-refractivity contribution in [1.29, 1.82) is 0 Å². The number of carboxylic acid groups (broad SMARTS) is 1. The van der Waals surface area contributed by atoms with Gasteiger partial charge in [0.25, 0.3) is 5.56 Å². The number of carbonyl (C=O) groups excluding carboxylic acids is 2. The van der Waals surface area contributed by atoms with Crippen LogP contribution in [0.15, 0.2) is 71.1 Å². The molecule has 11 nitrogen and oxygen atoms in total. The van der Waals surface area contributed by atoms with Gasteiger partial charge in [-0.1, -0.05) is 24.3 Å². The number of carboxylic acids is 1. The van der Waals surface area contributed by atoms with Gasteiger partial charge < -0.3 is 24.9 Å². The Balaban J connectivity index is 1.88. The number of para-hydroxylation sites is 1. The van der Waals surface area contributed by atoms with Gasteiger partial charge in [-0.2, -0.15) is 0 Å². The minimum absolute atomic E-state index is 0.00424. The van der Waals surface area contributed by atoms with Crippen molar-refractivity contribution in [2.24, 2.45) is 5.73 Å². The summed E-state index contributed by atoms with van der Waals surface area (Å²) in [6.07, 6.45) is 3.22. The Morgan fingerprint density at radius 3 is 2.62 bits per heavy atom. The summed E-state index contributed by atoms with van der Waals surface area (Å²) in [5, 5.41) is 9.55. The number of aryl methyl sites for hydroxylation is 1. The molecule has 0 bridgehead atoms. The molecule has 37 heavy (non-hydrogen) atoms. The predicted octanol–water partition coefficient (Wildman–Crippen LogP) is 1.05. The summed E-state index contributed by atoms with van der Waals surface area (Å²) < 4.78 is 12.2. The van der Waals surface area contributed by atoms with Gasteiger partial charge in [-0.3, -0.25) is 24.3 Å². The Labute approximate surface area is 210 Å². The van der Waals surface area contributed by atoms with Crippen LogP contribution in [0.3, 0.4) is 0 Å². The highest BCUT2D eigenvalue weighted by atomic mass is 16.5. The fourth-order valence-corrected chi connectivity index (χ4v) is 5.10. The summed E-state index contributed by atoms with van der Waals surface area (Å²) in [5.41, 5.74) is 4.68. The Bertz CT molecular complexity index is 1560. The summed E-state index contributed by atoms with van der Waals surface area (Å²) in [6, 6.07) is 11.5. The normalized spacial score (nSPS) is 17.9. The zero-order chi connectivity index (χ0) is 26.5. The molecule has 1 amide bonds. The largest absolute Gasteiger partial charge is 0.480 e. The first-order valence-electron chi connectivity index (χ1n) is 11.2. The lowest BCUT2D eigenvalue weighted by molar-refractivity contribution is -0.138. The molecule has 0 radical (unpaired) electrons. The molecule has 3 aromatic rings. The van der Waals surface area contributed by atoms with Gasteiger partial charge in [0.05, 0.1) is 19.2 Å². The van der Waals surface area contributed by atoms with E-state index in [-0.39, 0.29) is 34.7 Å². The van der Waals surface area contributed by atoms with E-state index in [0.29, 0.717) is 5.69 Å². The first-order chi connectivity index (χ1) is 17.7. The summed E-state index contributed by atoms with van der Waals surface area (Å²) in [7, 11) is 1.11. The van der Waals surface area contributed by atoms with Crippen LogP contribution in [0, 0.1) is 6.92 Å². The molecular formula is C26H22N4O7. The summed E-state index contributed by atoms with van der Waals surface area (Å²) in [5.74, 6) is -3.50. The second-order valence-corrected chi connectivity index (χ2v) is 8.66. The number of carbonyl (C=O) groups is 3. The first-order valence-corrected chi connectivity index (χ1v) is 11.2. The Morgan fingerprint density at radius 2 is 1.95 bits per heavy atom. The van der Waals surface area contributed by atoms with Gasteiger partial charge in [0.2, 0.25) is 11.8 Å². The third kappa shape index (κ3) is 3.39. The Kier molecular flexibility index (Phi) is 5.55. The SMILES string of the molecule is COC(=O)C1=C(N)Oc2cc(C)n(Cc3cccnc3)c(=O)c2C12C(=O)N(CC(=O)O)c1ccccc12. The monoisotopic (exact) mass is 502 g/mol. The number of nitrogens with zero attached hydrogens (tertiary/aromatic N) is 3. The van der Waals surface area contributed by atoms with Gasteiger partial charge in [0.1, 0.15) is 23.3 Å². The van der Waals surface area contributed by atoms with Crippen molar-refractivity contribution in [3.05, 3.63) is 99.1 Å². The number of aromatic nitrogens is 2. The van der Waals surface area contributed by atoms with E-state index in [1.54, 1.807) is 61.8 Å². The number of pyridine rings is 2. The summed E-state index contributed by atoms with van der Waals surface area (Å²) >= 11 is 0. The molecule has 0 fully saturated rings. The standard InChI is InChI=1S/C26H22N4O7/c1-14-10-18-20(23(33)29(14)12-15-6-5-9-28-11-15)26(21(22(27)37-18)24(34)36-2)16-7-3-4-8-17(16)30(25(26)35)13-19(31)32/h3-11H,12-13,27H2,1-2H3,(H,31,32). The molecule has 1 unspecified atom stereocenters. The zero-order valence-corrected chi connectivity index (χ0v) is 19.9. The van der Waals surface area contributed by atoms with Gasteiger partial charge in [-0.05, 0) is 24.6 Å². The highest BCUT2D eigenvalue weighted by Gasteiger charge is 2.62. The molecule has 1 spiro atoms. The van der Waals surface area contributed by atoms with Crippen LogP contribution < -0.4 is 20.9 Å². The van der Waals surface area contributed by atoms with Crippen molar-refractivity contribution in [1.82, 2.24) is 9.55 Å². The van der Waals surface area contributed by atoms with Crippen LogP contribution in [-0.2, 0) is 31.1 Å². The number of methoxy groups -OCH3 is 1. The van der Waals surface area contributed by atoms with Crippen molar-refractivity contribution < 1.29 is 29.0 Å². The van der Waals surface area contributed by atoms with Gasteiger partial charge in [-0.15, -0.1) is 0 Å². The lowest BCUT2D eigenvalue weighted by Gasteiger charge is -2.35. The summed E-state index contributed by atoms with van der Waals surface area (Å²) in [4.78, 5) is 58.4. The Morgan fingerprint density at radius 1 is 1.19 bits per heavy atom. The van der Waals surface area contributed by atoms with E-state index in [1.165, 1.54) is 4.57 Å². The van der Waals surface area contributed by atoms with Crippen LogP contribution in [0.4, 0.5) is 5.69 Å². The van der Waals surface area contributed by atoms with E-state index in [9.17, 15) is 24.3 Å². The molecule has 3 N–H and O–H groups in total. The van der Waals surface area contributed by atoms with Crippen LogP contribution in [-0.4, -0.2) is 46.2 Å². The number of ether oxygens (including phenoxy) is 2. The topological polar surface area (TPSA) is 154 Å². The van der Waals surface area contributed by atoms with Crippen LogP contribution in [0.1, 0.15) is 22.4 Å². The number of esters is 1. The number of anilines is 1. The van der Waals surface area contributed by atoms with Crippen molar-refractivity contribution >= 4 is 23.5 Å². The molecule has 1 aromatic carbocycles. The fourth-order valence-electron chi connectivity index (χ4n) is 5.10. The maximum atomic E-state index is 14.3. The minimum atomic E-state index is -2.09. The number of hydrogen-bond acceptors (Lipinski definition) is 8. The number of rotatable bonds is 5. The Hall–Kier alpha value is -4.93. The smallest absolute Gasteiger partial charge is 0.340 e. The molecule has 188 valence electrons. The lowest BCUT2D eigenvalue weighted by Crippen LogP contribution is -2.52. The third-order valence-corrected chi connectivity index (χ3v) is 6.60. The van der Waals surface area contributed by atoms with Crippen molar-refractivity contribution in [2.45, 2.75) is 18.9 Å². The average molecular weight is 502 g/mol. The van der Waals surface area contributed by atoms with E-state index in [0.717, 1.165) is 17.6 Å². The number of hydrogen-bond donors (Lipinski definition) is 2. The van der Waals surface area contributed by atoms with Gasteiger partial charge in [-0.25, -0.2) is 4.79 Å². The van der Waals surface area contributed by atoms with E-state index in [1.807, 2.05) is 0 Å². The van der Waals surface area contributed by atoms with E-state index < -0.39 is 41.2 Å². The van der Waals surface area contributed by atoms with E-state index in [4.69, 9.17) is 15.2 Å². The van der Waals surface area contributed by atoms with Crippen LogP contribution >= 0.6 is 0 Å². The minimum Gasteiger partial charge on any atom is -0.480 e. The fraction of sp³-hybridized carbons (Fsp3) is 0.192. The average Bonchev–Trinajstić information content (AvgIpc) is 3.10. The number of nitrogens with two attached hydrogens (primary N) is 1. The molecule has 4 heterocycles. The van der Waals surface area contributed by atoms with Gasteiger partial charge in [0.15, 0.2) is 0 Å². The van der Waals surface area contributed by atoms with Crippen molar-refractivity contribution in [3.8, 4) is 5.75 Å². The van der Waals surface area contributed by atoms with E-state index in [2.05, 4.69) is 4.98 Å². The number of amides is 1. The molecule has 0 aliphatic carbocycles. The molecule has 1 atom stereocenters. The second kappa shape index (κ2) is 8.63. The molecule has 0 saturated carbocycles. The number of aliphatic carboxylic acids is 1. The van der Waals surface area contributed by atoms with Gasteiger partial charge >= 0.3 is 11.9 Å².